The predicted octanol–water partition coefficient (Wildman–Crippen LogP) is 2.73. The predicted molar refractivity (Wildman–Crippen MR) is 80.6 cm³/mol. The van der Waals surface area contributed by atoms with Crippen molar-refractivity contribution in [3.63, 3.8) is 0 Å². The summed E-state index contributed by atoms with van der Waals surface area (Å²) in [6, 6.07) is 7.13. The maximum absolute atomic E-state index is 11.6. The van der Waals surface area contributed by atoms with Gasteiger partial charge in [0.1, 0.15) is 5.75 Å². The molecule has 2 N–H and O–H groups in total. The highest BCUT2D eigenvalue weighted by Gasteiger charge is 2.27. The number of benzene rings is 1. The summed E-state index contributed by atoms with van der Waals surface area (Å²) >= 11 is 5.94. The topological polar surface area (TPSA) is 75.6 Å². The molecule has 0 aliphatic rings. The molecule has 6 heteroatoms. The number of carbonyl (C=O) groups excluding carboxylic acids is 1. The number of nitrogens with one attached hydrogen (secondary N) is 1. The quantitative estimate of drug-likeness (QED) is 0.724. The number of carboxylic acids is 1. The Balaban J connectivity index is 2.23. The maximum Gasteiger partial charge on any atom is 0.310 e. The van der Waals surface area contributed by atoms with Gasteiger partial charge < -0.3 is 15.2 Å². The first-order chi connectivity index (χ1) is 9.83. The van der Waals surface area contributed by atoms with Gasteiger partial charge in [-0.15, -0.1) is 0 Å². The molecule has 0 atom stereocenters. The van der Waals surface area contributed by atoms with Crippen molar-refractivity contribution in [2.45, 2.75) is 26.7 Å². The molecule has 0 bridgehead atoms. The zero-order valence-electron chi connectivity index (χ0n) is 12.2. The van der Waals surface area contributed by atoms with E-state index in [1.54, 1.807) is 26.0 Å². The third kappa shape index (κ3) is 6.04. The van der Waals surface area contributed by atoms with E-state index in [9.17, 15) is 9.59 Å². The zero-order chi connectivity index (χ0) is 15.9. The first-order valence-corrected chi connectivity index (χ1v) is 7.08. The molecule has 0 saturated carbocycles. The Morgan fingerprint density at radius 2 is 2.00 bits per heavy atom. The lowest BCUT2D eigenvalue weighted by Crippen LogP contribution is -2.38. The summed E-state index contributed by atoms with van der Waals surface area (Å²) in [6.07, 6.45) is 0.810. The lowest BCUT2D eigenvalue weighted by atomic mass is 9.94. The lowest BCUT2D eigenvalue weighted by Gasteiger charge is -2.19. The average Bonchev–Trinajstić information content (AvgIpc) is 2.43. The molecule has 0 saturated heterocycles. The highest BCUT2D eigenvalue weighted by atomic mass is 35.5. The van der Waals surface area contributed by atoms with Crippen LogP contribution >= 0.6 is 11.6 Å². The van der Waals surface area contributed by atoms with Crippen LogP contribution in [0, 0.1) is 5.41 Å². The summed E-state index contributed by atoms with van der Waals surface area (Å²) in [7, 11) is 0. The molecule has 1 rings (SSSR count). The van der Waals surface area contributed by atoms with Gasteiger partial charge in [-0.1, -0.05) is 23.7 Å². The van der Waals surface area contributed by atoms with E-state index in [0.717, 1.165) is 0 Å². The van der Waals surface area contributed by atoms with Gasteiger partial charge in [0, 0.05) is 13.0 Å². The van der Waals surface area contributed by atoms with E-state index in [-0.39, 0.29) is 18.9 Å². The third-order valence-corrected chi connectivity index (χ3v) is 3.26. The molecule has 0 fully saturated rings. The van der Waals surface area contributed by atoms with Crippen LogP contribution in [0.2, 0.25) is 5.02 Å². The van der Waals surface area contributed by atoms with Crippen molar-refractivity contribution in [1.82, 2.24) is 5.32 Å². The van der Waals surface area contributed by atoms with Gasteiger partial charge in [0.15, 0.2) is 0 Å². The van der Waals surface area contributed by atoms with Crippen LogP contribution in [-0.2, 0) is 9.59 Å². The minimum atomic E-state index is -0.969. The second-order valence-corrected chi connectivity index (χ2v) is 5.76. The highest BCUT2D eigenvalue weighted by Crippen LogP contribution is 2.23. The van der Waals surface area contributed by atoms with Crippen LogP contribution in [0.4, 0.5) is 0 Å². The molecule has 1 amide bonds. The fourth-order valence-electron chi connectivity index (χ4n) is 1.46. The van der Waals surface area contributed by atoms with E-state index in [0.29, 0.717) is 23.8 Å². The van der Waals surface area contributed by atoms with Crippen LogP contribution in [-0.4, -0.2) is 30.1 Å². The minimum Gasteiger partial charge on any atom is -0.492 e. The van der Waals surface area contributed by atoms with Gasteiger partial charge in [0.2, 0.25) is 5.91 Å². The van der Waals surface area contributed by atoms with Crippen LogP contribution in [0.5, 0.6) is 5.75 Å². The van der Waals surface area contributed by atoms with Crippen molar-refractivity contribution >= 4 is 23.5 Å². The summed E-state index contributed by atoms with van der Waals surface area (Å²) in [6.45, 7) is 3.61. The molecule has 0 aliphatic heterocycles. The lowest BCUT2D eigenvalue weighted by molar-refractivity contribution is -0.146. The Hall–Kier alpha value is -1.75. The van der Waals surface area contributed by atoms with Crippen molar-refractivity contribution in [2.75, 3.05) is 13.2 Å². The van der Waals surface area contributed by atoms with Crippen molar-refractivity contribution < 1.29 is 19.4 Å². The van der Waals surface area contributed by atoms with E-state index in [1.807, 2.05) is 12.1 Å². The van der Waals surface area contributed by atoms with Crippen molar-refractivity contribution in [3.05, 3.63) is 29.3 Å². The van der Waals surface area contributed by atoms with Gasteiger partial charge in [-0.2, -0.15) is 0 Å². The number of hydrogen-bond donors (Lipinski definition) is 2. The molecule has 1 aromatic rings. The number of carbonyl (C=O) groups is 2. The number of aliphatic carboxylic acids is 1. The van der Waals surface area contributed by atoms with E-state index >= 15 is 0 Å². The zero-order valence-corrected chi connectivity index (χ0v) is 12.9. The van der Waals surface area contributed by atoms with Crippen molar-refractivity contribution in [3.8, 4) is 5.75 Å². The molecule has 116 valence electrons. The average molecular weight is 314 g/mol. The standard InChI is InChI=1S/C15H20ClNO4/c1-15(2,14(19)20)10-17-13(18)8-5-9-21-12-7-4-3-6-11(12)16/h3-4,6-7H,5,8-10H2,1-2H3,(H,17,18)(H,19,20). The van der Waals surface area contributed by atoms with Gasteiger partial charge in [-0.3, -0.25) is 9.59 Å². The van der Waals surface area contributed by atoms with E-state index < -0.39 is 11.4 Å². The van der Waals surface area contributed by atoms with Gasteiger partial charge in [-0.05, 0) is 32.4 Å². The number of amides is 1. The number of rotatable bonds is 8. The monoisotopic (exact) mass is 313 g/mol. The van der Waals surface area contributed by atoms with Crippen LogP contribution in [0.25, 0.3) is 0 Å². The van der Waals surface area contributed by atoms with Crippen LogP contribution in [0.15, 0.2) is 24.3 Å². The number of ether oxygens (including phenoxy) is 1. The van der Waals surface area contributed by atoms with Gasteiger partial charge >= 0.3 is 5.97 Å². The minimum absolute atomic E-state index is 0.104. The Kier molecular flexibility index (Phi) is 6.49. The molecule has 0 unspecified atom stereocenters. The second kappa shape index (κ2) is 7.88. The molecule has 0 aromatic heterocycles. The first-order valence-electron chi connectivity index (χ1n) is 6.70. The van der Waals surface area contributed by atoms with E-state index in [4.69, 9.17) is 21.4 Å². The Labute approximate surface area is 129 Å². The molecule has 0 spiro atoms. The number of hydrogen-bond acceptors (Lipinski definition) is 3. The van der Waals surface area contributed by atoms with Gasteiger partial charge in [0.25, 0.3) is 0 Å². The highest BCUT2D eigenvalue weighted by molar-refractivity contribution is 6.32. The summed E-state index contributed by atoms with van der Waals surface area (Å²) in [5, 5.41) is 12.1. The summed E-state index contributed by atoms with van der Waals surface area (Å²) in [5.74, 6) is -0.538. The summed E-state index contributed by atoms with van der Waals surface area (Å²) < 4.78 is 5.46. The fourth-order valence-corrected chi connectivity index (χ4v) is 1.65. The smallest absolute Gasteiger partial charge is 0.310 e. The first kappa shape index (κ1) is 17.3. The van der Waals surface area contributed by atoms with Crippen molar-refractivity contribution in [2.24, 2.45) is 5.41 Å². The molecule has 0 radical (unpaired) electrons. The largest absolute Gasteiger partial charge is 0.492 e. The maximum atomic E-state index is 11.6. The van der Waals surface area contributed by atoms with Gasteiger partial charge in [0.05, 0.1) is 17.0 Å². The molecule has 5 nitrogen and oxygen atoms in total. The second-order valence-electron chi connectivity index (χ2n) is 5.35. The van der Waals surface area contributed by atoms with E-state index in [2.05, 4.69) is 5.32 Å². The number of carboxylic acid groups (broad SMARTS) is 1. The normalized spacial score (nSPS) is 11.0. The molecule has 21 heavy (non-hydrogen) atoms. The SMILES string of the molecule is CC(C)(CNC(=O)CCCOc1ccccc1Cl)C(=O)O. The molecule has 1 aromatic carbocycles. The Morgan fingerprint density at radius 1 is 1.33 bits per heavy atom. The molecular weight excluding hydrogens is 294 g/mol. The van der Waals surface area contributed by atoms with Crippen LogP contribution in [0.1, 0.15) is 26.7 Å². The van der Waals surface area contributed by atoms with Crippen molar-refractivity contribution in [1.29, 1.82) is 0 Å². The van der Waals surface area contributed by atoms with E-state index in [1.165, 1.54) is 0 Å². The molecule has 0 aliphatic carbocycles. The van der Waals surface area contributed by atoms with Crippen LogP contribution in [0.3, 0.4) is 0 Å². The van der Waals surface area contributed by atoms with Gasteiger partial charge in [-0.25, -0.2) is 0 Å². The Bertz CT molecular complexity index is 502. The summed E-state index contributed by atoms with van der Waals surface area (Å²) in [4.78, 5) is 22.5. The third-order valence-electron chi connectivity index (χ3n) is 2.95. The molecular formula is C15H20ClNO4. The summed E-state index contributed by atoms with van der Waals surface area (Å²) in [5.41, 5.74) is -0.969. The fraction of sp³-hybridized carbons (Fsp3) is 0.467. The van der Waals surface area contributed by atoms with Crippen LogP contribution < -0.4 is 10.1 Å². The number of halogens is 1. The Morgan fingerprint density at radius 3 is 2.62 bits per heavy atom. The molecule has 0 heterocycles. The number of para-hydroxylation sites is 1.